The molecule has 1 heterocycles. The zero-order valence-electron chi connectivity index (χ0n) is 19.8. The molecule has 36 heavy (non-hydrogen) atoms. The van der Waals surface area contributed by atoms with Gasteiger partial charge < -0.3 is 9.53 Å². The van der Waals surface area contributed by atoms with Crippen LogP contribution in [0.3, 0.4) is 0 Å². The number of aldehydes is 1. The van der Waals surface area contributed by atoms with E-state index in [0.29, 0.717) is 21.3 Å². The van der Waals surface area contributed by atoms with Crippen molar-refractivity contribution in [2.75, 3.05) is 5.32 Å². The summed E-state index contributed by atoms with van der Waals surface area (Å²) < 4.78 is 9.88. The average molecular weight is 515 g/mol. The molecule has 180 valence electrons. The second-order valence-corrected chi connectivity index (χ2v) is 10.1. The quantitative estimate of drug-likeness (QED) is 0.226. The number of fused-ring (bicyclic) bond motifs is 1. The lowest BCUT2D eigenvalue weighted by Gasteiger charge is -2.15. The summed E-state index contributed by atoms with van der Waals surface area (Å²) in [7, 11) is 0. The Morgan fingerprint density at radius 2 is 1.89 bits per heavy atom. The van der Waals surface area contributed by atoms with E-state index in [-0.39, 0.29) is 5.41 Å². The van der Waals surface area contributed by atoms with E-state index >= 15 is 0 Å². The molecule has 1 amide bonds. The van der Waals surface area contributed by atoms with E-state index in [1.807, 2.05) is 55.5 Å². The molecule has 0 spiro atoms. The van der Waals surface area contributed by atoms with Crippen LogP contribution in [0.15, 0.2) is 60.7 Å². The smallest absolute Gasteiger partial charge is 0.412 e. The van der Waals surface area contributed by atoms with E-state index in [2.05, 4.69) is 27.6 Å². The summed E-state index contributed by atoms with van der Waals surface area (Å²) in [6.45, 7) is 3.58. The predicted molar refractivity (Wildman–Crippen MR) is 144 cm³/mol. The molecule has 1 N–H and O–H groups in total. The molecule has 0 radical (unpaired) electrons. The minimum absolute atomic E-state index is 0.285. The van der Waals surface area contributed by atoms with Gasteiger partial charge in [0.1, 0.15) is 17.3 Å². The third-order valence-electron chi connectivity index (χ3n) is 6.47. The number of ether oxygens (including phenoxy) is 1. The number of carbonyl (C=O) groups is 2. The van der Waals surface area contributed by atoms with Crippen LogP contribution in [0.2, 0.25) is 5.02 Å². The van der Waals surface area contributed by atoms with Crippen LogP contribution < -0.4 is 5.32 Å². The predicted octanol–water partition coefficient (Wildman–Crippen LogP) is 7.20. The Kier molecular flexibility index (Phi) is 6.53. The van der Waals surface area contributed by atoms with Gasteiger partial charge in [0, 0.05) is 16.1 Å². The summed E-state index contributed by atoms with van der Waals surface area (Å²) in [5.74, 6) is 6.31. The summed E-state index contributed by atoms with van der Waals surface area (Å²) in [4.78, 5) is 24.7. The van der Waals surface area contributed by atoms with Crippen LogP contribution in [0, 0.1) is 18.8 Å². The fourth-order valence-electron chi connectivity index (χ4n) is 4.13. The summed E-state index contributed by atoms with van der Waals surface area (Å²) in [6.07, 6.45) is 1.80. The van der Waals surface area contributed by atoms with Gasteiger partial charge >= 0.3 is 6.09 Å². The minimum Gasteiger partial charge on any atom is -0.441 e. The maximum absolute atomic E-state index is 12.6. The van der Waals surface area contributed by atoms with E-state index in [0.717, 1.165) is 46.6 Å². The number of aromatic nitrogens is 1. The van der Waals surface area contributed by atoms with Crippen molar-refractivity contribution in [3.05, 3.63) is 92.9 Å². The minimum atomic E-state index is -0.598. The zero-order valence-corrected chi connectivity index (χ0v) is 21.4. The Labute approximate surface area is 218 Å². The second kappa shape index (κ2) is 9.77. The highest BCUT2D eigenvalue weighted by molar-refractivity contribution is 7.07. The van der Waals surface area contributed by atoms with Crippen LogP contribution >= 0.6 is 23.1 Å². The van der Waals surface area contributed by atoms with Gasteiger partial charge in [-0.05, 0) is 78.7 Å². The van der Waals surface area contributed by atoms with Gasteiger partial charge in [-0.1, -0.05) is 60.0 Å². The van der Waals surface area contributed by atoms with Crippen molar-refractivity contribution >= 4 is 52.0 Å². The number of amides is 1. The van der Waals surface area contributed by atoms with Crippen LogP contribution in [0.1, 0.15) is 53.1 Å². The summed E-state index contributed by atoms with van der Waals surface area (Å²) in [6, 6.07) is 19.4. The molecule has 0 bridgehead atoms. The molecule has 1 aromatic heterocycles. The molecule has 5 nitrogen and oxygen atoms in total. The number of halogens is 1. The molecule has 1 atom stereocenters. The van der Waals surface area contributed by atoms with Crippen molar-refractivity contribution in [2.45, 2.75) is 38.2 Å². The lowest BCUT2D eigenvalue weighted by atomic mass is 9.94. The van der Waals surface area contributed by atoms with Crippen molar-refractivity contribution in [3.8, 4) is 11.8 Å². The zero-order chi connectivity index (χ0) is 25.3. The number of nitrogens with zero attached hydrogens (tertiary/aromatic N) is 1. The molecule has 1 saturated carbocycles. The lowest BCUT2D eigenvalue weighted by Crippen LogP contribution is -2.17. The van der Waals surface area contributed by atoms with Gasteiger partial charge in [-0.15, -0.1) is 0 Å². The molecule has 7 heteroatoms. The fourth-order valence-corrected chi connectivity index (χ4v) is 5.13. The SMILES string of the molecule is Cc1nsc(C#Cc2ccc3cc(C4(C=O)CC4)ccc3c2)c1NC(=O)O[C@H](C)c1ccccc1Cl. The molecule has 4 aromatic rings. The molecule has 1 aliphatic rings. The van der Waals surface area contributed by atoms with E-state index in [9.17, 15) is 9.59 Å². The van der Waals surface area contributed by atoms with Gasteiger partial charge in [-0.25, -0.2) is 4.79 Å². The molecule has 1 aliphatic carbocycles. The molecule has 0 aliphatic heterocycles. The van der Waals surface area contributed by atoms with Crippen molar-refractivity contribution in [3.63, 3.8) is 0 Å². The van der Waals surface area contributed by atoms with Gasteiger partial charge in [0.15, 0.2) is 0 Å². The number of nitrogens with one attached hydrogen (secondary N) is 1. The third kappa shape index (κ3) is 4.86. The van der Waals surface area contributed by atoms with E-state index in [4.69, 9.17) is 16.3 Å². The van der Waals surface area contributed by atoms with Crippen LogP contribution in [-0.2, 0) is 14.9 Å². The number of hydrogen-bond acceptors (Lipinski definition) is 5. The van der Waals surface area contributed by atoms with Gasteiger partial charge in [0.25, 0.3) is 0 Å². The largest absolute Gasteiger partial charge is 0.441 e. The topological polar surface area (TPSA) is 68.3 Å². The first-order valence-corrected chi connectivity index (χ1v) is 12.7. The number of anilines is 1. The average Bonchev–Trinajstić information content (AvgIpc) is 3.61. The Morgan fingerprint density at radius 1 is 1.14 bits per heavy atom. The van der Waals surface area contributed by atoms with Crippen LogP contribution in [0.4, 0.5) is 10.5 Å². The molecular formula is C29H23ClN2O3S. The van der Waals surface area contributed by atoms with Gasteiger partial charge in [-0.3, -0.25) is 5.32 Å². The Morgan fingerprint density at radius 3 is 2.64 bits per heavy atom. The van der Waals surface area contributed by atoms with Crippen LogP contribution in [-0.4, -0.2) is 16.8 Å². The highest BCUT2D eigenvalue weighted by atomic mass is 35.5. The first-order valence-electron chi connectivity index (χ1n) is 11.6. The molecule has 3 aromatic carbocycles. The standard InChI is InChI=1S/C29H23ClN2O3S/c1-18-27(31-28(34)35-19(2)24-5-3-4-6-25(24)30)26(36-32-18)12-8-20-7-9-22-16-23(11-10-21(22)15-20)29(17-33)13-14-29/h3-7,9-11,15-17,19H,13-14H2,1-2H3,(H,31,34)/t19-/m1/s1. The fraction of sp³-hybridized carbons (Fsp3) is 0.207. The number of rotatable bonds is 5. The summed E-state index contributed by atoms with van der Waals surface area (Å²) in [5.41, 5.74) is 3.58. The maximum Gasteiger partial charge on any atom is 0.412 e. The molecule has 5 rings (SSSR count). The Balaban J connectivity index is 1.32. The van der Waals surface area contributed by atoms with E-state index in [1.54, 1.807) is 13.0 Å². The first kappa shape index (κ1) is 24.1. The van der Waals surface area contributed by atoms with Crippen LogP contribution in [0.5, 0.6) is 0 Å². The number of aryl methyl sites for hydroxylation is 1. The lowest BCUT2D eigenvalue weighted by molar-refractivity contribution is -0.109. The summed E-state index contributed by atoms with van der Waals surface area (Å²) >= 11 is 7.44. The Hall–Kier alpha value is -3.66. The van der Waals surface area contributed by atoms with E-state index in [1.165, 1.54) is 11.5 Å². The van der Waals surface area contributed by atoms with Gasteiger partial charge in [0.2, 0.25) is 0 Å². The maximum atomic E-state index is 12.6. The second-order valence-electron chi connectivity index (χ2n) is 8.97. The van der Waals surface area contributed by atoms with Crippen molar-refractivity contribution < 1.29 is 14.3 Å². The third-order valence-corrected chi connectivity index (χ3v) is 7.66. The Bertz CT molecular complexity index is 1550. The first-order chi connectivity index (χ1) is 17.4. The van der Waals surface area contributed by atoms with Gasteiger partial charge in [0.05, 0.1) is 16.8 Å². The molecule has 1 fully saturated rings. The highest BCUT2D eigenvalue weighted by Gasteiger charge is 2.44. The number of hydrogen-bond donors (Lipinski definition) is 1. The van der Waals surface area contributed by atoms with Crippen molar-refractivity contribution in [1.29, 1.82) is 0 Å². The summed E-state index contributed by atoms with van der Waals surface area (Å²) in [5, 5.41) is 5.47. The van der Waals surface area contributed by atoms with Crippen molar-refractivity contribution in [1.82, 2.24) is 4.37 Å². The number of carbonyl (C=O) groups excluding carboxylic acids is 2. The molecule has 0 saturated heterocycles. The van der Waals surface area contributed by atoms with E-state index < -0.39 is 12.2 Å². The molecule has 0 unspecified atom stereocenters. The monoisotopic (exact) mass is 514 g/mol. The number of benzene rings is 3. The normalized spacial score (nSPS) is 14.4. The van der Waals surface area contributed by atoms with Crippen molar-refractivity contribution in [2.24, 2.45) is 0 Å². The van der Waals surface area contributed by atoms with Gasteiger partial charge in [-0.2, -0.15) is 4.37 Å². The van der Waals surface area contributed by atoms with Crippen LogP contribution in [0.25, 0.3) is 10.8 Å². The highest BCUT2D eigenvalue weighted by Crippen LogP contribution is 2.46. The molecular weight excluding hydrogens is 492 g/mol.